The van der Waals surface area contributed by atoms with Gasteiger partial charge >= 0.3 is 0 Å². The average Bonchev–Trinajstić information content (AvgIpc) is 3.14. The van der Waals surface area contributed by atoms with E-state index in [2.05, 4.69) is 33.8 Å². The number of carbonyl (C=O) groups excluding carboxylic acids is 1. The van der Waals surface area contributed by atoms with E-state index in [1.54, 1.807) is 11.3 Å². The molecule has 0 radical (unpaired) electrons. The molecule has 2 aliphatic heterocycles. The van der Waals surface area contributed by atoms with Gasteiger partial charge in [0, 0.05) is 55.4 Å². The number of anilines is 1. The van der Waals surface area contributed by atoms with Gasteiger partial charge in [-0.3, -0.25) is 9.69 Å². The van der Waals surface area contributed by atoms with Crippen LogP contribution in [0.25, 0.3) is 0 Å². The molecule has 0 unspecified atom stereocenters. The normalized spacial score (nSPS) is 16.7. The summed E-state index contributed by atoms with van der Waals surface area (Å²) in [5, 5.41) is 5.54. The number of carbonyl (C=O) groups is 1. The van der Waals surface area contributed by atoms with E-state index in [0.717, 1.165) is 63.4 Å². The highest BCUT2D eigenvalue weighted by atomic mass is 35.5. The van der Waals surface area contributed by atoms with Gasteiger partial charge in [0.2, 0.25) is 0 Å². The Labute approximate surface area is 171 Å². The number of halogens is 2. The maximum atomic E-state index is 13.0. The molecule has 1 N–H and O–H groups in total. The van der Waals surface area contributed by atoms with E-state index in [1.165, 1.54) is 10.4 Å². The first-order chi connectivity index (χ1) is 11.8. The predicted octanol–water partition coefficient (Wildman–Crippen LogP) is 3.91. The lowest BCUT2D eigenvalue weighted by atomic mass is 9.96. The molecule has 0 atom stereocenters. The van der Waals surface area contributed by atoms with E-state index < -0.39 is 0 Å². The smallest absolute Gasteiger partial charge is 0.254 e. The molecule has 26 heavy (non-hydrogen) atoms. The lowest BCUT2D eigenvalue weighted by Gasteiger charge is -2.35. The Bertz CT molecular complexity index is 716. The molecule has 0 spiro atoms. The van der Waals surface area contributed by atoms with Gasteiger partial charge in [0.15, 0.2) is 0 Å². The van der Waals surface area contributed by atoms with E-state index in [1.807, 2.05) is 17.0 Å². The first-order valence-electron chi connectivity index (χ1n) is 8.71. The number of rotatable bonds is 3. The summed E-state index contributed by atoms with van der Waals surface area (Å²) in [7, 11) is 0. The van der Waals surface area contributed by atoms with Crippen molar-refractivity contribution in [1.29, 1.82) is 0 Å². The molecule has 142 valence electrons. The first kappa shape index (κ1) is 21.0. The van der Waals surface area contributed by atoms with Gasteiger partial charge < -0.3 is 10.2 Å². The molecule has 1 aromatic heterocycles. The van der Waals surface area contributed by atoms with Crippen molar-refractivity contribution in [2.45, 2.75) is 19.4 Å². The van der Waals surface area contributed by atoms with Crippen molar-refractivity contribution in [2.24, 2.45) is 0 Å². The van der Waals surface area contributed by atoms with Crippen LogP contribution in [0.4, 0.5) is 5.69 Å². The van der Waals surface area contributed by atoms with E-state index in [0.29, 0.717) is 0 Å². The summed E-state index contributed by atoms with van der Waals surface area (Å²) in [6, 6.07) is 10.4. The number of thiophene rings is 1. The van der Waals surface area contributed by atoms with Crippen LogP contribution in [0.2, 0.25) is 0 Å². The number of piperazine rings is 1. The molecule has 2 aromatic rings. The Morgan fingerprint density at radius 2 is 1.88 bits per heavy atom. The standard InChI is InChI=1S/C19H23N3OS.2ClH/c23-19(17-5-1-7-18-16(17)6-2-8-20-18)22-11-9-21(10-12-22)14-15-4-3-13-24-15;;/h1,3-5,7,13,20H,2,6,8-12,14H2;2*1H. The second kappa shape index (κ2) is 9.60. The zero-order valence-corrected chi connectivity index (χ0v) is 17.1. The molecule has 0 aliphatic carbocycles. The van der Waals surface area contributed by atoms with Crippen LogP contribution < -0.4 is 5.32 Å². The molecule has 3 heterocycles. The third-order valence-electron chi connectivity index (χ3n) is 4.94. The fourth-order valence-corrected chi connectivity index (χ4v) is 4.36. The molecule has 4 nitrogen and oxygen atoms in total. The van der Waals surface area contributed by atoms with Crippen LogP contribution in [0, 0.1) is 0 Å². The second-order valence-electron chi connectivity index (χ2n) is 6.51. The number of fused-ring (bicyclic) bond motifs is 1. The molecule has 4 rings (SSSR count). The molecule has 0 saturated carbocycles. The minimum atomic E-state index is 0. The predicted molar refractivity (Wildman–Crippen MR) is 113 cm³/mol. The molecule has 2 aliphatic rings. The molecule has 1 amide bonds. The minimum absolute atomic E-state index is 0. The second-order valence-corrected chi connectivity index (χ2v) is 7.54. The monoisotopic (exact) mass is 413 g/mol. The fraction of sp³-hybridized carbons (Fsp3) is 0.421. The number of nitrogens with one attached hydrogen (secondary N) is 1. The zero-order chi connectivity index (χ0) is 16.4. The number of nitrogens with zero attached hydrogens (tertiary/aromatic N) is 2. The van der Waals surface area contributed by atoms with Crippen LogP contribution in [0.1, 0.15) is 27.2 Å². The van der Waals surface area contributed by atoms with Gasteiger partial charge in [-0.15, -0.1) is 36.2 Å². The number of benzene rings is 1. The highest BCUT2D eigenvalue weighted by Crippen LogP contribution is 2.26. The maximum absolute atomic E-state index is 13.0. The Morgan fingerprint density at radius 1 is 1.08 bits per heavy atom. The van der Waals surface area contributed by atoms with Crippen LogP contribution in [0.15, 0.2) is 35.7 Å². The van der Waals surface area contributed by atoms with Crippen LogP contribution in [0.5, 0.6) is 0 Å². The van der Waals surface area contributed by atoms with Crippen LogP contribution in [0.3, 0.4) is 0 Å². The lowest BCUT2D eigenvalue weighted by molar-refractivity contribution is 0.0628. The Balaban J connectivity index is 0.00000121. The number of hydrogen-bond donors (Lipinski definition) is 1. The van der Waals surface area contributed by atoms with Gasteiger partial charge in [-0.05, 0) is 42.0 Å². The number of amides is 1. The molecule has 1 saturated heterocycles. The molecule has 7 heteroatoms. The van der Waals surface area contributed by atoms with Gasteiger partial charge in [0.25, 0.3) is 5.91 Å². The van der Waals surface area contributed by atoms with Crippen molar-refractivity contribution in [3.63, 3.8) is 0 Å². The lowest BCUT2D eigenvalue weighted by Crippen LogP contribution is -2.48. The van der Waals surface area contributed by atoms with Gasteiger partial charge in [0.1, 0.15) is 0 Å². The van der Waals surface area contributed by atoms with Crippen molar-refractivity contribution < 1.29 is 4.79 Å². The van der Waals surface area contributed by atoms with Crippen molar-refractivity contribution in [3.05, 3.63) is 51.7 Å². The Kier molecular flexibility index (Phi) is 7.77. The van der Waals surface area contributed by atoms with Gasteiger partial charge in [-0.1, -0.05) is 12.1 Å². The van der Waals surface area contributed by atoms with Crippen molar-refractivity contribution in [3.8, 4) is 0 Å². The first-order valence-corrected chi connectivity index (χ1v) is 9.59. The molecule has 0 bridgehead atoms. The summed E-state index contributed by atoms with van der Waals surface area (Å²) in [4.78, 5) is 18.8. The minimum Gasteiger partial charge on any atom is -0.385 e. The average molecular weight is 414 g/mol. The van der Waals surface area contributed by atoms with Crippen LogP contribution in [-0.4, -0.2) is 48.4 Å². The summed E-state index contributed by atoms with van der Waals surface area (Å²) < 4.78 is 0. The zero-order valence-electron chi connectivity index (χ0n) is 14.6. The topological polar surface area (TPSA) is 35.6 Å². The summed E-state index contributed by atoms with van der Waals surface area (Å²) in [6.07, 6.45) is 2.11. The van der Waals surface area contributed by atoms with Gasteiger partial charge in [0.05, 0.1) is 0 Å². The van der Waals surface area contributed by atoms with Crippen LogP contribution in [-0.2, 0) is 13.0 Å². The summed E-state index contributed by atoms with van der Waals surface area (Å²) >= 11 is 1.81. The largest absolute Gasteiger partial charge is 0.385 e. The van der Waals surface area contributed by atoms with E-state index in [9.17, 15) is 4.79 Å². The summed E-state index contributed by atoms with van der Waals surface area (Å²) in [5.74, 6) is 0.200. The maximum Gasteiger partial charge on any atom is 0.254 e. The van der Waals surface area contributed by atoms with Crippen molar-refractivity contribution >= 4 is 47.7 Å². The Morgan fingerprint density at radius 3 is 2.62 bits per heavy atom. The van der Waals surface area contributed by atoms with Gasteiger partial charge in [-0.25, -0.2) is 0 Å². The molecule has 1 aromatic carbocycles. The van der Waals surface area contributed by atoms with E-state index in [4.69, 9.17) is 0 Å². The highest BCUT2D eigenvalue weighted by Gasteiger charge is 2.25. The third kappa shape index (κ3) is 4.52. The molecular formula is C19H25Cl2N3OS. The van der Waals surface area contributed by atoms with E-state index in [-0.39, 0.29) is 30.7 Å². The quantitative estimate of drug-likeness (QED) is 0.828. The fourth-order valence-electron chi connectivity index (χ4n) is 3.61. The van der Waals surface area contributed by atoms with Crippen molar-refractivity contribution in [2.75, 3.05) is 38.0 Å². The van der Waals surface area contributed by atoms with E-state index >= 15 is 0 Å². The van der Waals surface area contributed by atoms with Crippen LogP contribution >= 0.6 is 36.2 Å². The summed E-state index contributed by atoms with van der Waals surface area (Å²) in [6.45, 7) is 5.56. The van der Waals surface area contributed by atoms with Crippen molar-refractivity contribution in [1.82, 2.24) is 9.80 Å². The highest BCUT2D eigenvalue weighted by molar-refractivity contribution is 7.09. The molecule has 1 fully saturated rings. The Hall–Kier alpha value is -1.27. The van der Waals surface area contributed by atoms with Gasteiger partial charge in [-0.2, -0.15) is 0 Å². The summed E-state index contributed by atoms with van der Waals surface area (Å²) in [5.41, 5.74) is 3.24. The number of hydrogen-bond acceptors (Lipinski definition) is 4. The SMILES string of the molecule is Cl.Cl.O=C(c1cccc2c1CCCN2)N1CCN(Cc2cccs2)CC1. The third-order valence-corrected chi connectivity index (χ3v) is 5.81. The molecular weight excluding hydrogens is 389 g/mol.